The van der Waals surface area contributed by atoms with E-state index in [0.29, 0.717) is 27.4 Å². The first-order valence-electron chi connectivity index (χ1n) is 10.8. The van der Waals surface area contributed by atoms with Crippen molar-refractivity contribution in [1.29, 1.82) is 0 Å². The number of nitrogens with zero attached hydrogens (tertiary/aromatic N) is 2. The SMILES string of the molecule is CCOC(=O)c1ccccc1NC(=O)CSc1nc2ccccc2c(=O)n1-c1ccccc1C. The average molecular weight is 474 g/mol. The van der Waals surface area contributed by atoms with Crippen LogP contribution < -0.4 is 10.9 Å². The second-order valence-electron chi connectivity index (χ2n) is 7.44. The number of ether oxygens (including phenoxy) is 1. The number of aromatic nitrogens is 2. The molecule has 172 valence electrons. The predicted octanol–water partition coefficient (Wildman–Crippen LogP) is 4.60. The van der Waals surface area contributed by atoms with Gasteiger partial charge in [0.25, 0.3) is 5.56 Å². The summed E-state index contributed by atoms with van der Waals surface area (Å²) in [4.78, 5) is 43.0. The highest BCUT2D eigenvalue weighted by Crippen LogP contribution is 2.24. The standard InChI is InChI=1S/C26H23N3O4S/c1-3-33-25(32)19-12-6-8-14-21(19)27-23(30)16-34-26-28-20-13-7-5-11-18(20)24(31)29(26)22-15-9-4-10-17(22)2/h4-15H,3,16H2,1-2H3,(H,27,30). The van der Waals surface area contributed by atoms with E-state index in [0.717, 1.165) is 17.3 Å². The van der Waals surface area contributed by atoms with Crippen LogP contribution in [-0.2, 0) is 9.53 Å². The van der Waals surface area contributed by atoms with Crippen molar-refractivity contribution in [3.05, 3.63) is 94.3 Å². The molecule has 0 aliphatic heterocycles. The smallest absolute Gasteiger partial charge is 0.340 e. The molecule has 8 heteroatoms. The number of hydrogen-bond acceptors (Lipinski definition) is 6. The molecule has 1 amide bonds. The minimum Gasteiger partial charge on any atom is -0.462 e. The molecule has 34 heavy (non-hydrogen) atoms. The molecule has 3 aromatic carbocycles. The molecule has 1 aromatic heterocycles. The molecule has 4 aromatic rings. The molecule has 0 radical (unpaired) electrons. The molecule has 7 nitrogen and oxygen atoms in total. The summed E-state index contributed by atoms with van der Waals surface area (Å²) in [5.74, 6) is -0.843. The highest BCUT2D eigenvalue weighted by atomic mass is 32.2. The van der Waals surface area contributed by atoms with Crippen LogP contribution in [0.3, 0.4) is 0 Å². The second kappa shape index (κ2) is 10.4. The Hall–Kier alpha value is -3.91. The first-order chi connectivity index (χ1) is 16.5. The lowest BCUT2D eigenvalue weighted by Crippen LogP contribution is -2.23. The van der Waals surface area contributed by atoms with E-state index < -0.39 is 5.97 Å². The molecule has 0 saturated carbocycles. The maximum atomic E-state index is 13.4. The molecule has 0 fully saturated rings. The van der Waals surface area contributed by atoms with Gasteiger partial charge in [0.05, 0.1) is 40.2 Å². The number of benzene rings is 3. The molecular weight excluding hydrogens is 450 g/mol. The van der Waals surface area contributed by atoms with E-state index in [-0.39, 0.29) is 29.4 Å². The van der Waals surface area contributed by atoms with Crippen LogP contribution in [0.2, 0.25) is 0 Å². The van der Waals surface area contributed by atoms with E-state index in [1.165, 1.54) is 0 Å². The van der Waals surface area contributed by atoms with Gasteiger partial charge in [-0.2, -0.15) is 0 Å². The van der Waals surface area contributed by atoms with Gasteiger partial charge in [0, 0.05) is 0 Å². The van der Waals surface area contributed by atoms with Gasteiger partial charge in [-0.1, -0.05) is 54.2 Å². The van der Waals surface area contributed by atoms with Gasteiger partial charge in [0.15, 0.2) is 5.16 Å². The van der Waals surface area contributed by atoms with Crippen molar-refractivity contribution in [2.75, 3.05) is 17.7 Å². The van der Waals surface area contributed by atoms with Gasteiger partial charge in [-0.05, 0) is 49.7 Å². The van der Waals surface area contributed by atoms with Gasteiger partial charge < -0.3 is 10.1 Å². The van der Waals surface area contributed by atoms with Gasteiger partial charge in [-0.15, -0.1) is 0 Å². The normalized spacial score (nSPS) is 10.8. The summed E-state index contributed by atoms with van der Waals surface area (Å²) >= 11 is 1.16. The van der Waals surface area contributed by atoms with Crippen molar-refractivity contribution < 1.29 is 14.3 Å². The van der Waals surface area contributed by atoms with Crippen LogP contribution in [0.1, 0.15) is 22.8 Å². The lowest BCUT2D eigenvalue weighted by Gasteiger charge is -2.15. The minimum atomic E-state index is -0.504. The molecule has 0 unspecified atom stereocenters. The van der Waals surface area contributed by atoms with Crippen molar-refractivity contribution in [2.24, 2.45) is 0 Å². The Kier molecular flexibility index (Phi) is 7.08. The third kappa shape index (κ3) is 4.87. The van der Waals surface area contributed by atoms with Crippen molar-refractivity contribution in [3.63, 3.8) is 0 Å². The molecule has 0 saturated heterocycles. The zero-order chi connectivity index (χ0) is 24.1. The number of esters is 1. The van der Waals surface area contributed by atoms with Crippen LogP contribution in [0.15, 0.2) is 82.7 Å². The molecule has 0 bridgehead atoms. The minimum absolute atomic E-state index is 0.00613. The molecular formula is C26H23N3O4S. The quantitative estimate of drug-likeness (QED) is 0.240. The number of hydrogen-bond donors (Lipinski definition) is 1. The van der Waals surface area contributed by atoms with Gasteiger partial charge in [0.2, 0.25) is 5.91 Å². The Morgan fingerprint density at radius 2 is 1.71 bits per heavy atom. The summed E-state index contributed by atoms with van der Waals surface area (Å²) in [6.07, 6.45) is 0. The topological polar surface area (TPSA) is 90.3 Å². The fraction of sp³-hybridized carbons (Fsp3) is 0.154. The van der Waals surface area contributed by atoms with Crippen LogP contribution in [0.4, 0.5) is 5.69 Å². The second-order valence-corrected chi connectivity index (χ2v) is 8.38. The lowest BCUT2D eigenvalue weighted by molar-refractivity contribution is -0.113. The molecule has 1 heterocycles. The van der Waals surface area contributed by atoms with E-state index >= 15 is 0 Å². The highest BCUT2D eigenvalue weighted by Gasteiger charge is 2.18. The number of carbonyl (C=O) groups excluding carboxylic acids is 2. The zero-order valence-corrected chi connectivity index (χ0v) is 19.6. The number of carbonyl (C=O) groups is 2. The molecule has 4 rings (SSSR count). The van der Waals surface area contributed by atoms with Gasteiger partial charge in [0.1, 0.15) is 0 Å². The summed E-state index contributed by atoms with van der Waals surface area (Å²) < 4.78 is 6.61. The monoisotopic (exact) mass is 473 g/mol. The van der Waals surface area contributed by atoms with Crippen LogP contribution in [0, 0.1) is 6.92 Å². The Bertz CT molecular complexity index is 1430. The number of para-hydroxylation sites is 3. The van der Waals surface area contributed by atoms with Crippen LogP contribution in [0.5, 0.6) is 0 Å². The number of amides is 1. The average Bonchev–Trinajstić information content (AvgIpc) is 2.84. The molecule has 0 aliphatic carbocycles. The van der Waals surface area contributed by atoms with E-state index in [1.807, 2.05) is 37.3 Å². The zero-order valence-electron chi connectivity index (χ0n) is 18.8. The Morgan fingerprint density at radius 3 is 2.50 bits per heavy atom. The predicted molar refractivity (Wildman–Crippen MR) is 134 cm³/mol. The van der Waals surface area contributed by atoms with Crippen LogP contribution in [0.25, 0.3) is 16.6 Å². The van der Waals surface area contributed by atoms with Crippen molar-refractivity contribution >= 4 is 40.2 Å². The molecule has 1 N–H and O–H groups in total. The number of thioether (sulfide) groups is 1. The van der Waals surface area contributed by atoms with Crippen molar-refractivity contribution in [2.45, 2.75) is 19.0 Å². The third-order valence-corrected chi connectivity index (χ3v) is 6.07. The maximum Gasteiger partial charge on any atom is 0.340 e. The number of anilines is 1. The summed E-state index contributed by atoms with van der Waals surface area (Å²) in [5, 5.41) is 3.68. The number of fused-ring (bicyclic) bond motifs is 1. The molecule has 0 aliphatic rings. The lowest BCUT2D eigenvalue weighted by atomic mass is 10.2. The number of aryl methyl sites for hydroxylation is 1. The van der Waals surface area contributed by atoms with Gasteiger partial charge in [-0.3, -0.25) is 14.2 Å². The fourth-order valence-corrected chi connectivity index (χ4v) is 4.34. The van der Waals surface area contributed by atoms with Gasteiger partial charge >= 0.3 is 5.97 Å². The third-order valence-electron chi connectivity index (χ3n) is 5.13. The van der Waals surface area contributed by atoms with Crippen molar-refractivity contribution in [3.8, 4) is 5.69 Å². The summed E-state index contributed by atoms with van der Waals surface area (Å²) in [7, 11) is 0. The van der Waals surface area contributed by atoms with Gasteiger partial charge in [-0.25, -0.2) is 9.78 Å². The first-order valence-corrected chi connectivity index (χ1v) is 11.7. The Balaban J connectivity index is 1.64. The molecule has 0 atom stereocenters. The number of nitrogens with one attached hydrogen (secondary N) is 1. The summed E-state index contributed by atoms with van der Waals surface area (Å²) in [6, 6.07) is 21.4. The molecule has 0 spiro atoms. The first kappa shape index (κ1) is 23.3. The van der Waals surface area contributed by atoms with E-state index in [1.54, 1.807) is 54.0 Å². The highest BCUT2D eigenvalue weighted by molar-refractivity contribution is 7.99. The van der Waals surface area contributed by atoms with E-state index in [9.17, 15) is 14.4 Å². The van der Waals surface area contributed by atoms with Crippen molar-refractivity contribution in [1.82, 2.24) is 9.55 Å². The summed E-state index contributed by atoms with van der Waals surface area (Å²) in [6.45, 7) is 3.88. The Labute approximate surface area is 200 Å². The number of rotatable bonds is 7. The van der Waals surface area contributed by atoms with E-state index in [4.69, 9.17) is 4.74 Å². The van der Waals surface area contributed by atoms with E-state index in [2.05, 4.69) is 10.3 Å². The largest absolute Gasteiger partial charge is 0.462 e. The fourth-order valence-electron chi connectivity index (χ4n) is 3.53. The Morgan fingerprint density at radius 1 is 1.00 bits per heavy atom. The van der Waals surface area contributed by atoms with Crippen LogP contribution in [-0.4, -0.2) is 33.8 Å². The maximum absolute atomic E-state index is 13.4. The van der Waals surface area contributed by atoms with Crippen LogP contribution >= 0.6 is 11.8 Å². The summed E-state index contributed by atoms with van der Waals surface area (Å²) in [5.41, 5.74) is 2.64.